The molecule has 0 saturated carbocycles. The first kappa shape index (κ1) is 15.1. The second-order valence-corrected chi connectivity index (χ2v) is 7.37. The van der Waals surface area contributed by atoms with Gasteiger partial charge < -0.3 is 0 Å². The molecule has 0 unspecified atom stereocenters. The molecule has 0 radical (unpaired) electrons. The standard InChI is InChI=1S/C14H19N3OS2/c1-5-9-7-8-10(19-9)11(18)15-13-17-16-12(20-13)14(3,4)6-2/h7-8H,5-6H2,1-4H3,(H,15,17,18). The molecule has 108 valence electrons. The van der Waals surface area contributed by atoms with E-state index in [0.717, 1.165) is 17.8 Å². The van der Waals surface area contributed by atoms with E-state index in [1.54, 1.807) is 0 Å². The lowest BCUT2D eigenvalue weighted by atomic mass is 9.91. The Morgan fingerprint density at radius 3 is 2.60 bits per heavy atom. The molecule has 0 aliphatic carbocycles. The number of amides is 1. The van der Waals surface area contributed by atoms with Gasteiger partial charge in [-0.15, -0.1) is 21.5 Å². The summed E-state index contributed by atoms with van der Waals surface area (Å²) in [5.41, 5.74) is -0.00104. The average Bonchev–Trinajstić information content (AvgIpc) is 3.07. The maximum Gasteiger partial charge on any atom is 0.267 e. The van der Waals surface area contributed by atoms with Gasteiger partial charge in [-0.1, -0.05) is 39.0 Å². The quantitative estimate of drug-likeness (QED) is 0.904. The largest absolute Gasteiger partial charge is 0.296 e. The van der Waals surface area contributed by atoms with E-state index in [-0.39, 0.29) is 11.3 Å². The van der Waals surface area contributed by atoms with E-state index in [1.807, 2.05) is 12.1 Å². The second-order valence-electron chi connectivity index (χ2n) is 5.22. The number of hydrogen-bond donors (Lipinski definition) is 1. The lowest BCUT2D eigenvalue weighted by molar-refractivity contribution is 0.103. The SMILES string of the molecule is CCc1ccc(C(=O)Nc2nnc(C(C)(C)CC)s2)s1. The van der Waals surface area contributed by atoms with Crippen molar-refractivity contribution in [2.24, 2.45) is 0 Å². The molecule has 0 spiro atoms. The molecule has 0 aliphatic heterocycles. The van der Waals surface area contributed by atoms with Crippen molar-refractivity contribution in [3.05, 3.63) is 26.9 Å². The molecule has 0 aromatic carbocycles. The van der Waals surface area contributed by atoms with Crippen LogP contribution >= 0.6 is 22.7 Å². The third-order valence-electron chi connectivity index (χ3n) is 3.34. The zero-order valence-electron chi connectivity index (χ0n) is 12.2. The van der Waals surface area contributed by atoms with Crippen LogP contribution in [0.5, 0.6) is 0 Å². The monoisotopic (exact) mass is 309 g/mol. The number of thiophene rings is 1. The highest BCUT2D eigenvalue weighted by Crippen LogP contribution is 2.31. The highest BCUT2D eigenvalue weighted by molar-refractivity contribution is 7.16. The summed E-state index contributed by atoms with van der Waals surface area (Å²) >= 11 is 2.97. The minimum absolute atomic E-state index is 0.00104. The van der Waals surface area contributed by atoms with Crippen molar-refractivity contribution in [1.82, 2.24) is 10.2 Å². The lowest BCUT2D eigenvalue weighted by Crippen LogP contribution is -2.14. The number of rotatable bonds is 5. The van der Waals surface area contributed by atoms with Gasteiger partial charge in [0.2, 0.25) is 5.13 Å². The van der Waals surface area contributed by atoms with Crippen molar-refractivity contribution in [3.8, 4) is 0 Å². The predicted molar refractivity (Wildman–Crippen MR) is 84.9 cm³/mol. The molecule has 2 aromatic rings. The number of nitrogens with one attached hydrogen (secondary N) is 1. The minimum Gasteiger partial charge on any atom is -0.296 e. The first-order valence-electron chi connectivity index (χ1n) is 6.70. The summed E-state index contributed by atoms with van der Waals surface area (Å²) in [7, 11) is 0. The number of carbonyl (C=O) groups is 1. The molecule has 2 rings (SSSR count). The third-order valence-corrected chi connectivity index (χ3v) is 5.78. The van der Waals surface area contributed by atoms with Gasteiger partial charge >= 0.3 is 0 Å². The number of anilines is 1. The van der Waals surface area contributed by atoms with E-state index in [4.69, 9.17) is 0 Å². The van der Waals surface area contributed by atoms with Crippen molar-refractivity contribution in [2.75, 3.05) is 5.32 Å². The van der Waals surface area contributed by atoms with Crippen molar-refractivity contribution in [3.63, 3.8) is 0 Å². The van der Waals surface area contributed by atoms with Gasteiger partial charge in [0.15, 0.2) is 0 Å². The fraction of sp³-hybridized carbons (Fsp3) is 0.500. The molecule has 2 aromatic heterocycles. The van der Waals surface area contributed by atoms with Crippen LogP contribution in [0.25, 0.3) is 0 Å². The van der Waals surface area contributed by atoms with Gasteiger partial charge in [0.05, 0.1) is 4.88 Å². The maximum absolute atomic E-state index is 12.1. The molecular formula is C14H19N3OS2. The van der Waals surface area contributed by atoms with E-state index in [1.165, 1.54) is 27.6 Å². The maximum atomic E-state index is 12.1. The zero-order valence-corrected chi connectivity index (χ0v) is 13.8. The Bertz CT molecular complexity index is 601. The van der Waals surface area contributed by atoms with Crippen LogP contribution in [0.3, 0.4) is 0 Å². The molecule has 0 fully saturated rings. The summed E-state index contributed by atoms with van der Waals surface area (Å²) in [6, 6.07) is 3.85. The van der Waals surface area contributed by atoms with Gasteiger partial charge in [-0.3, -0.25) is 10.1 Å². The first-order valence-corrected chi connectivity index (χ1v) is 8.33. The molecule has 0 bridgehead atoms. The summed E-state index contributed by atoms with van der Waals surface area (Å²) in [5.74, 6) is -0.105. The van der Waals surface area contributed by atoms with Crippen LogP contribution in [0.4, 0.5) is 5.13 Å². The predicted octanol–water partition coefficient (Wildman–Crippen LogP) is 4.10. The Morgan fingerprint density at radius 2 is 2.00 bits per heavy atom. The van der Waals surface area contributed by atoms with Gasteiger partial charge in [0.1, 0.15) is 5.01 Å². The molecule has 6 heteroatoms. The van der Waals surface area contributed by atoms with Crippen LogP contribution in [0.15, 0.2) is 12.1 Å². The number of aryl methyl sites for hydroxylation is 1. The van der Waals surface area contributed by atoms with E-state index in [9.17, 15) is 4.79 Å². The van der Waals surface area contributed by atoms with Crippen molar-refractivity contribution in [2.45, 2.75) is 46.0 Å². The molecular weight excluding hydrogens is 290 g/mol. The lowest BCUT2D eigenvalue weighted by Gasteiger charge is -2.17. The molecule has 20 heavy (non-hydrogen) atoms. The van der Waals surface area contributed by atoms with Gasteiger partial charge in [0, 0.05) is 10.3 Å². The Kier molecular flexibility index (Phi) is 4.55. The van der Waals surface area contributed by atoms with Crippen molar-refractivity contribution >= 4 is 33.7 Å². The molecule has 0 atom stereocenters. The first-order chi connectivity index (χ1) is 9.46. The molecule has 0 saturated heterocycles. The molecule has 4 nitrogen and oxygen atoms in total. The van der Waals surface area contributed by atoms with Crippen LogP contribution in [0, 0.1) is 0 Å². The number of hydrogen-bond acceptors (Lipinski definition) is 5. The summed E-state index contributed by atoms with van der Waals surface area (Å²) in [6.45, 7) is 8.47. The van der Waals surface area contributed by atoms with Crippen LogP contribution < -0.4 is 5.32 Å². The van der Waals surface area contributed by atoms with E-state index in [0.29, 0.717) is 10.0 Å². The van der Waals surface area contributed by atoms with Crippen molar-refractivity contribution < 1.29 is 4.79 Å². The van der Waals surface area contributed by atoms with E-state index < -0.39 is 0 Å². The van der Waals surface area contributed by atoms with Crippen molar-refractivity contribution in [1.29, 1.82) is 0 Å². The van der Waals surface area contributed by atoms with E-state index >= 15 is 0 Å². The van der Waals surface area contributed by atoms with Gasteiger partial charge in [-0.2, -0.15) is 0 Å². The molecule has 1 amide bonds. The fourth-order valence-corrected chi connectivity index (χ4v) is 3.30. The molecule has 2 heterocycles. The van der Waals surface area contributed by atoms with Crippen LogP contribution in [0.1, 0.15) is 53.7 Å². The number of nitrogens with zero attached hydrogens (tertiary/aromatic N) is 2. The number of aromatic nitrogens is 2. The Hall–Kier alpha value is -1.27. The summed E-state index contributed by atoms with van der Waals surface area (Å²) in [5, 5.41) is 12.6. The molecule has 1 N–H and O–H groups in total. The second kappa shape index (κ2) is 6.01. The van der Waals surface area contributed by atoms with Gasteiger partial charge in [0.25, 0.3) is 5.91 Å². The Labute approximate surface area is 127 Å². The number of carbonyl (C=O) groups excluding carboxylic acids is 1. The van der Waals surface area contributed by atoms with Gasteiger partial charge in [-0.05, 0) is 25.0 Å². The van der Waals surface area contributed by atoms with Crippen LogP contribution in [0.2, 0.25) is 0 Å². The fourth-order valence-electron chi connectivity index (χ4n) is 1.55. The Balaban J connectivity index is 2.09. The highest BCUT2D eigenvalue weighted by Gasteiger charge is 2.23. The van der Waals surface area contributed by atoms with Crippen LogP contribution in [-0.2, 0) is 11.8 Å². The topological polar surface area (TPSA) is 54.9 Å². The summed E-state index contributed by atoms with van der Waals surface area (Å²) < 4.78 is 0. The average molecular weight is 309 g/mol. The Morgan fingerprint density at radius 1 is 1.25 bits per heavy atom. The normalized spacial score (nSPS) is 11.6. The highest BCUT2D eigenvalue weighted by atomic mass is 32.1. The van der Waals surface area contributed by atoms with E-state index in [2.05, 4.69) is 43.2 Å². The summed E-state index contributed by atoms with van der Waals surface area (Å²) in [6.07, 6.45) is 1.94. The smallest absolute Gasteiger partial charge is 0.267 e. The minimum atomic E-state index is -0.105. The summed E-state index contributed by atoms with van der Waals surface area (Å²) in [4.78, 5) is 14.0. The zero-order chi connectivity index (χ0) is 14.8. The van der Waals surface area contributed by atoms with Crippen LogP contribution in [-0.4, -0.2) is 16.1 Å². The third kappa shape index (κ3) is 3.24. The van der Waals surface area contributed by atoms with Gasteiger partial charge in [-0.25, -0.2) is 0 Å². The molecule has 0 aliphatic rings.